The Kier molecular flexibility index (Phi) is 3.38. The first-order chi connectivity index (χ1) is 8.47. The van der Waals surface area contributed by atoms with E-state index in [1.54, 1.807) is 33.0 Å². The lowest BCUT2D eigenvalue weighted by Gasteiger charge is -2.10. The summed E-state index contributed by atoms with van der Waals surface area (Å²) in [5, 5.41) is 11.0. The molecule has 0 aliphatic heterocycles. The number of nitrogens with zero attached hydrogens (tertiary/aromatic N) is 3. The third kappa shape index (κ3) is 2.53. The van der Waals surface area contributed by atoms with Gasteiger partial charge in [0.05, 0.1) is 10.7 Å². The number of nitrogens with one attached hydrogen (secondary N) is 1. The summed E-state index contributed by atoms with van der Waals surface area (Å²) < 4.78 is 6.38. The van der Waals surface area contributed by atoms with E-state index in [-0.39, 0.29) is 5.91 Å². The van der Waals surface area contributed by atoms with E-state index in [2.05, 4.69) is 15.6 Å². The average Bonchev–Trinajstić information content (AvgIpc) is 2.85. The molecular weight excluding hydrogens is 256 g/mol. The molecule has 0 aliphatic carbocycles. The third-order valence-electron chi connectivity index (χ3n) is 2.51. The Hall–Kier alpha value is -1.82. The Morgan fingerprint density at radius 3 is 2.78 bits per heavy atom. The van der Waals surface area contributed by atoms with Gasteiger partial charge >= 0.3 is 0 Å². The Morgan fingerprint density at radius 1 is 1.56 bits per heavy atom. The largest absolute Gasteiger partial charge is 0.360 e. The van der Waals surface area contributed by atoms with Gasteiger partial charge in [0.2, 0.25) is 5.91 Å². The van der Waals surface area contributed by atoms with Gasteiger partial charge in [0, 0.05) is 12.3 Å². The monoisotopic (exact) mass is 268 g/mol. The van der Waals surface area contributed by atoms with Gasteiger partial charge in [-0.25, -0.2) is 0 Å². The molecule has 0 fully saturated rings. The molecule has 6 nitrogen and oxygen atoms in total. The second kappa shape index (κ2) is 4.81. The van der Waals surface area contributed by atoms with Crippen LogP contribution in [0.15, 0.2) is 16.8 Å². The Bertz CT molecular complexity index is 556. The Morgan fingerprint density at radius 2 is 2.28 bits per heavy atom. The van der Waals surface area contributed by atoms with Crippen LogP contribution in [0.2, 0.25) is 5.02 Å². The number of halogens is 1. The van der Waals surface area contributed by atoms with Crippen LogP contribution in [-0.2, 0) is 4.79 Å². The van der Waals surface area contributed by atoms with Crippen LogP contribution in [0.1, 0.15) is 24.4 Å². The topological polar surface area (TPSA) is 73.0 Å². The van der Waals surface area contributed by atoms with Crippen LogP contribution in [0.25, 0.3) is 0 Å². The minimum Gasteiger partial charge on any atom is -0.360 e. The molecule has 2 aromatic heterocycles. The van der Waals surface area contributed by atoms with Gasteiger partial charge in [-0.05, 0) is 20.8 Å². The number of hydrogen-bond acceptors (Lipinski definition) is 4. The molecule has 7 heteroatoms. The molecule has 2 aromatic rings. The summed E-state index contributed by atoms with van der Waals surface area (Å²) in [6.45, 7) is 5.26. The first kappa shape index (κ1) is 12.6. The molecule has 96 valence electrons. The summed E-state index contributed by atoms with van der Waals surface area (Å²) in [7, 11) is 0. The second-order valence-corrected chi connectivity index (χ2v) is 4.44. The van der Waals surface area contributed by atoms with E-state index in [0.29, 0.717) is 22.3 Å². The molecule has 18 heavy (non-hydrogen) atoms. The molecule has 1 N–H and O–H groups in total. The summed E-state index contributed by atoms with van der Waals surface area (Å²) in [6.07, 6.45) is 1.62. The maximum Gasteiger partial charge on any atom is 0.250 e. The molecule has 2 heterocycles. The SMILES string of the molecule is Cc1cc(NC(=O)[C@H](C)n2cc(Cl)c(C)n2)no1. The lowest BCUT2D eigenvalue weighted by molar-refractivity contribution is -0.119. The minimum atomic E-state index is -0.479. The van der Waals surface area contributed by atoms with E-state index < -0.39 is 6.04 Å². The van der Waals surface area contributed by atoms with E-state index in [9.17, 15) is 4.79 Å². The highest BCUT2D eigenvalue weighted by atomic mass is 35.5. The number of aromatic nitrogens is 3. The van der Waals surface area contributed by atoms with Gasteiger partial charge in [0.25, 0.3) is 0 Å². The van der Waals surface area contributed by atoms with Crippen LogP contribution in [0, 0.1) is 13.8 Å². The summed E-state index contributed by atoms with van der Waals surface area (Å²) in [5.74, 6) is 0.790. The molecule has 0 unspecified atom stereocenters. The van der Waals surface area contributed by atoms with E-state index in [4.69, 9.17) is 16.1 Å². The molecule has 1 amide bonds. The highest BCUT2D eigenvalue weighted by Gasteiger charge is 2.18. The van der Waals surface area contributed by atoms with Crippen molar-refractivity contribution in [1.82, 2.24) is 14.9 Å². The zero-order chi connectivity index (χ0) is 13.3. The van der Waals surface area contributed by atoms with Crippen LogP contribution >= 0.6 is 11.6 Å². The van der Waals surface area contributed by atoms with E-state index >= 15 is 0 Å². The van der Waals surface area contributed by atoms with Crippen molar-refractivity contribution in [1.29, 1.82) is 0 Å². The summed E-state index contributed by atoms with van der Waals surface area (Å²) in [5.41, 5.74) is 0.689. The van der Waals surface area contributed by atoms with Crippen LogP contribution < -0.4 is 5.32 Å². The lowest BCUT2D eigenvalue weighted by Crippen LogP contribution is -2.24. The number of hydrogen-bond donors (Lipinski definition) is 1. The quantitative estimate of drug-likeness (QED) is 0.927. The second-order valence-electron chi connectivity index (χ2n) is 4.03. The molecule has 1 atom stereocenters. The fourth-order valence-electron chi connectivity index (χ4n) is 1.43. The smallest absolute Gasteiger partial charge is 0.250 e. The number of carbonyl (C=O) groups excluding carboxylic acids is 1. The fraction of sp³-hybridized carbons (Fsp3) is 0.364. The third-order valence-corrected chi connectivity index (χ3v) is 2.88. The van der Waals surface area contributed by atoms with E-state index in [1.807, 2.05) is 0 Å². The van der Waals surface area contributed by atoms with Gasteiger partial charge in [-0.1, -0.05) is 16.8 Å². The van der Waals surface area contributed by atoms with Crippen molar-refractivity contribution in [3.8, 4) is 0 Å². The van der Waals surface area contributed by atoms with Gasteiger partial charge in [0.1, 0.15) is 11.8 Å². The molecule has 0 bridgehead atoms. The van der Waals surface area contributed by atoms with Gasteiger partial charge < -0.3 is 9.84 Å². The van der Waals surface area contributed by atoms with Crippen LogP contribution in [0.4, 0.5) is 5.82 Å². The van der Waals surface area contributed by atoms with Gasteiger partial charge in [-0.3, -0.25) is 9.48 Å². The van der Waals surface area contributed by atoms with Gasteiger partial charge in [-0.15, -0.1) is 0 Å². The van der Waals surface area contributed by atoms with Gasteiger partial charge in [0.15, 0.2) is 5.82 Å². The molecule has 2 rings (SSSR count). The number of anilines is 1. The van der Waals surface area contributed by atoms with E-state index in [1.165, 1.54) is 4.68 Å². The highest BCUT2D eigenvalue weighted by molar-refractivity contribution is 6.31. The molecule has 0 radical (unpaired) electrons. The van der Waals surface area contributed by atoms with Crippen molar-refractivity contribution in [3.63, 3.8) is 0 Å². The number of aryl methyl sites for hydroxylation is 2. The summed E-state index contributed by atoms with van der Waals surface area (Å²) >= 11 is 5.90. The van der Waals surface area contributed by atoms with Crippen LogP contribution in [-0.4, -0.2) is 20.8 Å². The fourth-order valence-corrected chi connectivity index (χ4v) is 1.57. The molecule has 0 saturated heterocycles. The van der Waals surface area contributed by atoms with Crippen molar-refractivity contribution in [3.05, 3.63) is 28.7 Å². The summed E-state index contributed by atoms with van der Waals surface area (Å²) in [6, 6.07) is 1.17. The maximum atomic E-state index is 11.9. The lowest BCUT2D eigenvalue weighted by atomic mass is 10.3. The van der Waals surface area contributed by atoms with Crippen LogP contribution in [0.5, 0.6) is 0 Å². The predicted octanol–water partition coefficient (Wildman–Crippen LogP) is 2.34. The van der Waals surface area contributed by atoms with E-state index in [0.717, 1.165) is 0 Å². The Balaban J connectivity index is 2.09. The van der Waals surface area contributed by atoms with Crippen molar-refractivity contribution in [2.45, 2.75) is 26.8 Å². The standard InChI is InChI=1S/C11H13ClN4O2/c1-6-4-10(15-18-6)13-11(17)8(3)16-5-9(12)7(2)14-16/h4-5,8H,1-3H3,(H,13,15,17)/t8-/m0/s1. The predicted molar refractivity (Wildman–Crippen MR) is 66.6 cm³/mol. The van der Waals surface area contributed by atoms with Gasteiger partial charge in [-0.2, -0.15) is 5.10 Å². The summed E-state index contributed by atoms with van der Waals surface area (Å²) in [4.78, 5) is 11.9. The Labute approximate surface area is 109 Å². The number of rotatable bonds is 3. The molecule has 0 aliphatic rings. The van der Waals surface area contributed by atoms with Crippen molar-refractivity contribution < 1.29 is 9.32 Å². The van der Waals surface area contributed by atoms with Crippen molar-refractivity contribution >= 4 is 23.3 Å². The zero-order valence-corrected chi connectivity index (χ0v) is 11.0. The molecule has 0 aromatic carbocycles. The van der Waals surface area contributed by atoms with Crippen molar-refractivity contribution in [2.24, 2.45) is 0 Å². The number of amides is 1. The average molecular weight is 269 g/mol. The van der Waals surface area contributed by atoms with Crippen LogP contribution in [0.3, 0.4) is 0 Å². The molecular formula is C11H13ClN4O2. The first-order valence-electron chi connectivity index (χ1n) is 5.43. The number of carbonyl (C=O) groups is 1. The normalized spacial score (nSPS) is 12.4. The molecule has 0 spiro atoms. The minimum absolute atomic E-state index is 0.234. The molecule has 0 saturated carbocycles. The zero-order valence-electron chi connectivity index (χ0n) is 10.3. The highest BCUT2D eigenvalue weighted by Crippen LogP contribution is 2.17. The first-order valence-corrected chi connectivity index (χ1v) is 5.80. The maximum absolute atomic E-state index is 11.9. The van der Waals surface area contributed by atoms with Crippen molar-refractivity contribution in [2.75, 3.05) is 5.32 Å².